The summed E-state index contributed by atoms with van der Waals surface area (Å²) >= 11 is 0. The molecule has 0 atom stereocenters. The van der Waals surface area contributed by atoms with Crippen molar-refractivity contribution < 1.29 is 37.3 Å². The molecule has 0 heterocycles. The molecule has 0 unspecified atom stereocenters. The average Bonchev–Trinajstić information content (AvgIpc) is 2.96. The van der Waals surface area contributed by atoms with Gasteiger partial charge >= 0.3 is 12.3 Å². The van der Waals surface area contributed by atoms with Crippen molar-refractivity contribution in [1.82, 2.24) is 5.32 Å². The quantitative estimate of drug-likeness (QED) is 0.176. The first kappa shape index (κ1) is 31.2. The summed E-state index contributed by atoms with van der Waals surface area (Å²) < 4.78 is 47.6. The van der Waals surface area contributed by atoms with Crippen molar-refractivity contribution in [1.29, 1.82) is 0 Å². The molecule has 6 nitrogen and oxygen atoms in total. The molecule has 0 aromatic heterocycles. The number of aryl methyl sites for hydroxylation is 2. The molecule has 0 spiro atoms. The number of alkyl halides is 3. The Morgan fingerprint density at radius 2 is 1.40 bits per heavy atom. The number of amides is 1. The van der Waals surface area contributed by atoms with Gasteiger partial charge in [-0.3, -0.25) is 9.59 Å². The Bertz CT molecular complexity index is 1530. The van der Waals surface area contributed by atoms with Crippen molar-refractivity contribution in [3.05, 3.63) is 108 Å². The van der Waals surface area contributed by atoms with E-state index < -0.39 is 12.3 Å². The van der Waals surface area contributed by atoms with Crippen LogP contribution in [0.15, 0.2) is 91.0 Å². The van der Waals surface area contributed by atoms with Crippen LogP contribution in [0.1, 0.15) is 41.8 Å². The van der Waals surface area contributed by atoms with Crippen LogP contribution in [-0.4, -0.2) is 36.0 Å². The monoisotopic (exact) mass is 591 g/mol. The summed E-state index contributed by atoms with van der Waals surface area (Å²) in [5, 5.41) is 11.3. The topological polar surface area (TPSA) is 84.9 Å². The fourth-order valence-corrected chi connectivity index (χ4v) is 4.58. The maximum atomic E-state index is 12.6. The third kappa shape index (κ3) is 9.36. The summed E-state index contributed by atoms with van der Waals surface area (Å²) in [5.41, 5.74) is 6.12. The third-order valence-electron chi connectivity index (χ3n) is 6.59. The number of rotatable bonds is 12. The number of carbonyl (C=O) groups is 2. The number of carbonyl (C=O) groups excluding carboxylic acids is 1. The minimum atomic E-state index is -4.76. The number of ether oxygens (including phenoxy) is 2. The molecule has 4 aromatic carbocycles. The summed E-state index contributed by atoms with van der Waals surface area (Å²) in [4.78, 5) is 23.0. The van der Waals surface area contributed by atoms with Crippen LogP contribution in [0.5, 0.6) is 11.5 Å². The molecule has 0 aliphatic carbocycles. The van der Waals surface area contributed by atoms with Crippen LogP contribution in [0.3, 0.4) is 0 Å². The molecule has 0 saturated heterocycles. The van der Waals surface area contributed by atoms with Gasteiger partial charge in [0.1, 0.15) is 11.5 Å². The van der Waals surface area contributed by atoms with E-state index in [1.165, 1.54) is 12.1 Å². The average molecular weight is 592 g/mol. The lowest BCUT2D eigenvalue weighted by Crippen LogP contribution is -2.25. The van der Waals surface area contributed by atoms with Crippen LogP contribution < -0.4 is 14.8 Å². The normalized spacial score (nSPS) is 11.3. The molecule has 0 radical (unpaired) electrons. The largest absolute Gasteiger partial charge is 0.573 e. The van der Waals surface area contributed by atoms with Crippen LogP contribution in [-0.2, 0) is 17.6 Å². The zero-order valence-corrected chi connectivity index (χ0v) is 23.8. The number of nitrogens with one attached hydrogen (secondary N) is 1. The highest BCUT2D eigenvalue weighted by Gasteiger charge is 2.31. The molecule has 0 aliphatic rings. The van der Waals surface area contributed by atoms with Gasteiger partial charge in [-0.15, -0.1) is 13.2 Å². The van der Waals surface area contributed by atoms with E-state index in [2.05, 4.69) is 10.1 Å². The molecular formula is C34H32F3NO5. The first-order chi connectivity index (χ1) is 20.5. The molecule has 0 fully saturated rings. The van der Waals surface area contributed by atoms with E-state index in [0.29, 0.717) is 18.4 Å². The van der Waals surface area contributed by atoms with Crippen molar-refractivity contribution in [3.8, 4) is 33.8 Å². The van der Waals surface area contributed by atoms with Crippen molar-refractivity contribution in [2.24, 2.45) is 0 Å². The van der Waals surface area contributed by atoms with Crippen LogP contribution in [0.25, 0.3) is 22.3 Å². The molecule has 224 valence electrons. The summed E-state index contributed by atoms with van der Waals surface area (Å²) in [7, 11) is 0. The Morgan fingerprint density at radius 3 is 2.00 bits per heavy atom. The zero-order chi connectivity index (χ0) is 31.0. The van der Waals surface area contributed by atoms with E-state index in [4.69, 9.17) is 9.84 Å². The first-order valence-electron chi connectivity index (χ1n) is 13.8. The van der Waals surface area contributed by atoms with E-state index >= 15 is 0 Å². The molecule has 9 heteroatoms. The van der Waals surface area contributed by atoms with Gasteiger partial charge in [0.25, 0.3) is 5.91 Å². The third-order valence-corrected chi connectivity index (χ3v) is 6.59. The van der Waals surface area contributed by atoms with Gasteiger partial charge in [-0.2, -0.15) is 0 Å². The van der Waals surface area contributed by atoms with Crippen LogP contribution >= 0.6 is 0 Å². The molecule has 4 rings (SSSR count). The van der Waals surface area contributed by atoms with Gasteiger partial charge in [0.15, 0.2) is 0 Å². The predicted octanol–water partition coefficient (Wildman–Crippen LogP) is 7.70. The first-order valence-corrected chi connectivity index (χ1v) is 13.8. The number of benzene rings is 4. The molecule has 4 aromatic rings. The predicted molar refractivity (Wildman–Crippen MR) is 158 cm³/mol. The molecular weight excluding hydrogens is 559 g/mol. The maximum absolute atomic E-state index is 12.6. The number of carboxylic acid groups (broad SMARTS) is 1. The minimum absolute atomic E-state index is 0.0517. The number of carboxylic acids is 1. The molecule has 1 amide bonds. The molecule has 43 heavy (non-hydrogen) atoms. The second kappa shape index (κ2) is 13.9. The number of aliphatic carboxylic acids is 1. The zero-order valence-electron chi connectivity index (χ0n) is 23.8. The van der Waals surface area contributed by atoms with E-state index in [-0.39, 0.29) is 30.7 Å². The van der Waals surface area contributed by atoms with Crippen LogP contribution in [0.2, 0.25) is 0 Å². The summed E-state index contributed by atoms with van der Waals surface area (Å²) in [6, 6.07) is 26.8. The van der Waals surface area contributed by atoms with Gasteiger partial charge in [-0.1, -0.05) is 54.6 Å². The summed E-state index contributed by atoms with van der Waals surface area (Å²) in [6.45, 7) is 3.98. The summed E-state index contributed by atoms with van der Waals surface area (Å²) in [5.74, 6) is -0.827. The Morgan fingerprint density at radius 1 is 0.791 bits per heavy atom. The second-order valence-electron chi connectivity index (χ2n) is 10.2. The highest BCUT2D eigenvalue weighted by Crippen LogP contribution is 2.33. The Hall–Kier alpha value is -4.79. The number of halogens is 3. The number of hydrogen-bond donors (Lipinski definition) is 2. The summed E-state index contributed by atoms with van der Waals surface area (Å²) in [6.07, 6.45) is -3.52. The van der Waals surface area contributed by atoms with Gasteiger partial charge in [0.2, 0.25) is 0 Å². The molecule has 0 saturated carbocycles. The lowest BCUT2D eigenvalue weighted by atomic mass is 9.91. The van der Waals surface area contributed by atoms with E-state index in [9.17, 15) is 22.8 Å². The fraction of sp³-hybridized carbons (Fsp3) is 0.235. The van der Waals surface area contributed by atoms with E-state index in [0.717, 1.165) is 39.1 Å². The highest BCUT2D eigenvalue weighted by atomic mass is 19.4. The fourth-order valence-electron chi connectivity index (χ4n) is 4.58. The number of hydrogen-bond acceptors (Lipinski definition) is 4. The van der Waals surface area contributed by atoms with E-state index in [1.54, 1.807) is 24.3 Å². The van der Waals surface area contributed by atoms with Crippen molar-refractivity contribution in [2.75, 3.05) is 6.54 Å². The highest BCUT2D eigenvalue weighted by molar-refractivity contribution is 5.94. The molecule has 0 aliphatic heterocycles. The minimum Gasteiger partial charge on any atom is -0.491 e. The maximum Gasteiger partial charge on any atom is 0.573 e. The van der Waals surface area contributed by atoms with E-state index in [1.807, 2.05) is 68.4 Å². The van der Waals surface area contributed by atoms with Gasteiger partial charge in [0, 0.05) is 12.1 Å². The van der Waals surface area contributed by atoms with Gasteiger partial charge in [0.05, 0.1) is 12.5 Å². The van der Waals surface area contributed by atoms with Crippen molar-refractivity contribution in [2.45, 2.75) is 45.6 Å². The molecule has 0 bridgehead atoms. The Balaban J connectivity index is 1.56. The Kier molecular flexibility index (Phi) is 10.1. The molecule has 2 N–H and O–H groups in total. The smallest absolute Gasteiger partial charge is 0.491 e. The van der Waals surface area contributed by atoms with Gasteiger partial charge in [-0.25, -0.2) is 0 Å². The van der Waals surface area contributed by atoms with Crippen molar-refractivity contribution in [3.63, 3.8) is 0 Å². The lowest BCUT2D eigenvalue weighted by Gasteiger charge is -2.15. The van der Waals surface area contributed by atoms with Crippen molar-refractivity contribution >= 4 is 11.9 Å². The Labute approximate surface area is 248 Å². The van der Waals surface area contributed by atoms with Gasteiger partial charge < -0.3 is 19.9 Å². The van der Waals surface area contributed by atoms with Crippen LogP contribution in [0, 0.1) is 0 Å². The van der Waals surface area contributed by atoms with Gasteiger partial charge in [-0.05, 0) is 96.5 Å². The standard InChI is InChI=1S/C34H32F3NO5/c1-22(2)42-29-14-11-25(12-15-29)31-18-13-27(24-9-16-30(17-10-24)43-34(35,36)37)21-28(31)8-5-23-3-6-26(7-4-23)33(41)38-20-19-32(39)40/h3-4,6-7,9-18,21-22H,5,8,19-20H2,1-2H3,(H,38,41)(H,39,40). The lowest BCUT2D eigenvalue weighted by molar-refractivity contribution is -0.274. The van der Waals surface area contributed by atoms with Crippen LogP contribution in [0.4, 0.5) is 13.2 Å². The SMILES string of the molecule is CC(C)Oc1ccc(-c2ccc(-c3ccc(OC(F)(F)F)cc3)cc2CCc2ccc(C(=O)NCCC(=O)O)cc2)cc1. The second-order valence-corrected chi connectivity index (χ2v) is 10.2.